The number of phenols is 1. The van der Waals surface area contributed by atoms with Gasteiger partial charge in [-0.05, 0) is 24.5 Å². The Morgan fingerprint density at radius 1 is 1.09 bits per heavy atom. The van der Waals surface area contributed by atoms with Crippen LogP contribution in [0.5, 0.6) is 5.75 Å². The van der Waals surface area contributed by atoms with Crippen LogP contribution in [0.15, 0.2) is 24.3 Å². The Morgan fingerprint density at radius 3 is 2.45 bits per heavy atom. The fourth-order valence-electron chi connectivity index (χ4n) is 3.71. The largest absolute Gasteiger partial charge is 0.506 e. The molecular weight excluding hydrogens is 276 g/mol. The van der Waals surface area contributed by atoms with E-state index in [1.54, 1.807) is 6.07 Å². The van der Waals surface area contributed by atoms with Crippen molar-refractivity contribution in [2.45, 2.75) is 38.5 Å². The smallest absolute Gasteiger partial charge is 0.222 e. The van der Waals surface area contributed by atoms with E-state index in [-0.39, 0.29) is 0 Å². The predicted octanol–water partition coefficient (Wildman–Crippen LogP) is 3.01. The molecule has 2 fully saturated rings. The van der Waals surface area contributed by atoms with Crippen LogP contribution in [0.2, 0.25) is 0 Å². The van der Waals surface area contributed by atoms with E-state index >= 15 is 0 Å². The van der Waals surface area contributed by atoms with Crippen molar-refractivity contribution in [3.05, 3.63) is 24.3 Å². The molecule has 4 nitrogen and oxygen atoms in total. The molecule has 1 aromatic rings. The Balaban J connectivity index is 1.46. The van der Waals surface area contributed by atoms with E-state index in [9.17, 15) is 9.90 Å². The molecule has 1 N–H and O–H groups in total. The van der Waals surface area contributed by atoms with Crippen molar-refractivity contribution in [2.75, 3.05) is 31.1 Å². The second-order valence-electron chi connectivity index (χ2n) is 6.55. The van der Waals surface area contributed by atoms with Crippen LogP contribution in [0.1, 0.15) is 38.5 Å². The summed E-state index contributed by atoms with van der Waals surface area (Å²) >= 11 is 0. The molecule has 4 heteroatoms. The first-order valence-electron chi connectivity index (χ1n) is 8.55. The number of aromatic hydroxyl groups is 1. The monoisotopic (exact) mass is 302 g/mol. The quantitative estimate of drug-likeness (QED) is 0.930. The first kappa shape index (κ1) is 15.2. The van der Waals surface area contributed by atoms with E-state index in [0.29, 0.717) is 18.1 Å². The fourth-order valence-corrected chi connectivity index (χ4v) is 3.71. The molecule has 3 rings (SSSR count). The van der Waals surface area contributed by atoms with Crippen LogP contribution in [-0.2, 0) is 4.79 Å². The molecule has 1 aliphatic heterocycles. The van der Waals surface area contributed by atoms with Crippen LogP contribution in [-0.4, -0.2) is 42.1 Å². The standard InChI is InChI=1S/C18H26N2O2/c21-17-8-4-3-7-16(17)19-11-13-20(14-12-19)18(22)10-9-15-5-1-2-6-15/h3-4,7-8,15,21H,1-2,5-6,9-14H2. The highest BCUT2D eigenvalue weighted by atomic mass is 16.3. The zero-order valence-electron chi connectivity index (χ0n) is 13.2. The third-order valence-electron chi connectivity index (χ3n) is 5.10. The topological polar surface area (TPSA) is 43.8 Å². The van der Waals surface area contributed by atoms with Crippen LogP contribution in [0.3, 0.4) is 0 Å². The Morgan fingerprint density at radius 2 is 1.77 bits per heavy atom. The molecule has 2 aliphatic rings. The van der Waals surface area contributed by atoms with Crippen LogP contribution in [0.25, 0.3) is 0 Å². The molecule has 1 saturated heterocycles. The highest BCUT2D eigenvalue weighted by Gasteiger charge is 2.23. The molecule has 0 bridgehead atoms. The summed E-state index contributed by atoms with van der Waals surface area (Å²) in [6.07, 6.45) is 7.10. The van der Waals surface area contributed by atoms with Gasteiger partial charge in [0, 0.05) is 32.6 Å². The summed E-state index contributed by atoms with van der Waals surface area (Å²) in [7, 11) is 0. The zero-order valence-corrected chi connectivity index (χ0v) is 13.2. The number of benzene rings is 1. The van der Waals surface area contributed by atoms with Crippen LogP contribution >= 0.6 is 0 Å². The van der Waals surface area contributed by atoms with Gasteiger partial charge in [0.1, 0.15) is 5.75 Å². The van der Waals surface area contributed by atoms with Gasteiger partial charge >= 0.3 is 0 Å². The summed E-state index contributed by atoms with van der Waals surface area (Å²) in [5, 5.41) is 9.92. The summed E-state index contributed by atoms with van der Waals surface area (Å²) < 4.78 is 0. The molecule has 1 aliphatic carbocycles. The number of piperazine rings is 1. The minimum atomic E-state index is 0.309. The van der Waals surface area contributed by atoms with Crippen LogP contribution < -0.4 is 4.90 Å². The average Bonchev–Trinajstić information content (AvgIpc) is 3.07. The van der Waals surface area contributed by atoms with Gasteiger partial charge in [0.15, 0.2) is 0 Å². The molecule has 0 unspecified atom stereocenters. The third kappa shape index (κ3) is 3.54. The lowest BCUT2D eigenvalue weighted by Gasteiger charge is -2.36. The van der Waals surface area contributed by atoms with Gasteiger partial charge in [-0.2, -0.15) is 0 Å². The van der Waals surface area contributed by atoms with Gasteiger partial charge in [-0.25, -0.2) is 0 Å². The van der Waals surface area contributed by atoms with Gasteiger partial charge in [0.25, 0.3) is 0 Å². The Hall–Kier alpha value is -1.71. The van der Waals surface area contributed by atoms with Crippen molar-refractivity contribution in [3.63, 3.8) is 0 Å². The van der Waals surface area contributed by atoms with Gasteiger partial charge in [0.2, 0.25) is 5.91 Å². The number of carbonyl (C=O) groups excluding carboxylic acids is 1. The lowest BCUT2D eigenvalue weighted by atomic mass is 10.0. The molecule has 22 heavy (non-hydrogen) atoms. The van der Waals surface area contributed by atoms with Crippen molar-refractivity contribution in [2.24, 2.45) is 5.92 Å². The van der Waals surface area contributed by atoms with Crippen molar-refractivity contribution < 1.29 is 9.90 Å². The molecule has 1 saturated carbocycles. The number of rotatable bonds is 4. The van der Waals surface area contributed by atoms with Crippen molar-refractivity contribution in [3.8, 4) is 5.75 Å². The van der Waals surface area contributed by atoms with E-state index < -0.39 is 0 Å². The molecule has 1 heterocycles. The second-order valence-corrected chi connectivity index (χ2v) is 6.55. The Labute approximate surface area is 132 Å². The van der Waals surface area contributed by atoms with E-state index in [1.165, 1.54) is 25.7 Å². The van der Waals surface area contributed by atoms with Crippen LogP contribution in [0, 0.1) is 5.92 Å². The number of hydrogen-bond acceptors (Lipinski definition) is 3. The first-order chi connectivity index (χ1) is 10.7. The number of anilines is 1. The number of para-hydroxylation sites is 2. The minimum absolute atomic E-state index is 0.309. The number of nitrogens with zero attached hydrogens (tertiary/aromatic N) is 2. The molecule has 0 aromatic heterocycles. The number of phenolic OH excluding ortho intramolecular Hbond substituents is 1. The Bertz CT molecular complexity index is 504. The molecular formula is C18H26N2O2. The van der Waals surface area contributed by atoms with Crippen molar-refractivity contribution >= 4 is 11.6 Å². The molecule has 120 valence electrons. The molecule has 1 aromatic carbocycles. The van der Waals surface area contributed by atoms with Crippen molar-refractivity contribution in [1.82, 2.24) is 4.90 Å². The second kappa shape index (κ2) is 7.03. The Kier molecular flexibility index (Phi) is 4.86. The summed E-state index contributed by atoms with van der Waals surface area (Å²) in [5.74, 6) is 1.42. The fraction of sp³-hybridized carbons (Fsp3) is 0.611. The summed E-state index contributed by atoms with van der Waals surface area (Å²) in [6, 6.07) is 7.43. The van der Waals surface area contributed by atoms with E-state index in [0.717, 1.165) is 44.2 Å². The highest BCUT2D eigenvalue weighted by Crippen LogP contribution is 2.29. The average molecular weight is 302 g/mol. The van der Waals surface area contributed by atoms with Gasteiger partial charge in [-0.3, -0.25) is 4.79 Å². The van der Waals surface area contributed by atoms with Gasteiger partial charge in [0.05, 0.1) is 5.69 Å². The molecule has 0 atom stereocenters. The SMILES string of the molecule is O=C(CCC1CCCC1)N1CCN(c2ccccc2O)CC1. The number of amides is 1. The maximum absolute atomic E-state index is 12.3. The summed E-state index contributed by atoms with van der Waals surface area (Å²) in [6.45, 7) is 3.12. The maximum Gasteiger partial charge on any atom is 0.222 e. The van der Waals surface area contributed by atoms with E-state index in [1.807, 2.05) is 23.1 Å². The predicted molar refractivity (Wildman–Crippen MR) is 88.1 cm³/mol. The summed E-state index contributed by atoms with van der Waals surface area (Å²) in [4.78, 5) is 16.5. The first-order valence-corrected chi connectivity index (χ1v) is 8.55. The number of carbonyl (C=O) groups is 1. The van der Waals surface area contributed by atoms with Gasteiger partial charge < -0.3 is 14.9 Å². The normalized spacial score (nSPS) is 19.6. The lowest BCUT2D eigenvalue weighted by Crippen LogP contribution is -2.48. The third-order valence-corrected chi connectivity index (χ3v) is 5.10. The van der Waals surface area contributed by atoms with Gasteiger partial charge in [-0.15, -0.1) is 0 Å². The molecule has 1 amide bonds. The zero-order chi connectivity index (χ0) is 15.4. The number of hydrogen-bond donors (Lipinski definition) is 1. The van der Waals surface area contributed by atoms with E-state index in [2.05, 4.69) is 4.90 Å². The highest BCUT2D eigenvalue weighted by molar-refractivity contribution is 5.76. The molecule has 0 radical (unpaired) electrons. The molecule has 0 spiro atoms. The summed E-state index contributed by atoms with van der Waals surface area (Å²) in [5.41, 5.74) is 0.876. The van der Waals surface area contributed by atoms with Crippen LogP contribution in [0.4, 0.5) is 5.69 Å². The van der Waals surface area contributed by atoms with Gasteiger partial charge in [-0.1, -0.05) is 37.8 Å². The maximum atomic E-state index is 12.3. The lowest BCUT2D eigenvalue weighted by molar-refractivity contribution is -0.131. The van der Waals surface area contributed by atoms with Crippen molar-refractivity contribution in [1.29, 1.82) is 0 Å². The van der Waals surface area contributed by atoms with E-state index in [4.69, 9.17) is 0 Å². The minimum Gasteiger partial charge on any atom is -0.506 e.